The first-order valence-electron chi connectivity index (χ1n) is 7.03. The molecule has 2 rings (SSSR count). The van der Waals surface area contributed by atoms with Gasteiger partial charge in [0.15, 0.2) is 11.5 Å². The number of nitrogens with zero attached hydrogens (tertiary/aromatic N) is 1. The molecule has 1 heterocycles. The van der Waals surface area contributed by atoms with Gasteiger partial charge in [-0.2, -0.15) is 0 Å². The average molecular weight is 278 g/mol. The Morgan fingerprint density at radius 2 is 2.05 bits per heavy atom. The molecular formula is C15H22N2O3. The minimum Gasteiger partial charge on any atom is -0.454 e. The second-order valence-electron chi connectivity index (χ2n) is 5.04. The van der Waals surface area contributed by atoms with Crippen molar-refractivity contribution in [2.75, 3.05) is 20.4 Å². The van der Waals surface area contributed by atoms with E-state index in [1.807, 2.05) is 25.2 Å². The Hall–Kier alpha value is -1.75. The molecule has 0 spiro atoms. The third kappa shape index (κ3) is 3.87. The summed E-state index contributed by atoms with van der Waals surface area (Å²) < 4.78 is 10.6. The first-order valence-corrected chi connectivity index (χ1v) is 7.03. The van der Waals surface area contributed by atoms with Gasteiger partial charge in [-0.15, -0.1) is 0 Å². The summed E-state index contributed by atoms with van der Waals surface area (Å²) in [6.07, 6.45) is 3.49. The molecule has 0 radical (unpaired) electrons. The minimum atomic E-state index is 0.166. The number of carbonyl (C=O) groups is 1. The largest absolute Gasteiger partial charge is 0.454 e. The van der Waals surface area contributed by atoms with Crippen LogP contribution in [0.3, 0.4) is 0 Å². The second kappa shape index (κ2) is 7.14. The molecule has 1 aliphatic heterocycles. The Kier molecular flexibility index (Phi) is 5.24. The molecule has 1 amide bonds. The lowest BCUT2D eigenvalue weighted by Gasteiger charge is -2.17. The van der Waals surface area contributed by atoms with Gasteiger partial charge in [-0.1, -0.05) is 12.5 Å². The molecule has 110 valence electrons. The Labute approximate surface area is 119 Å². The van der Waals surface area contributed by atoms with Crippen molar-refractivity contribution in [3.63, 3.8) is 0 Å². The number of unbranched alkanes of at least 4 members (excludes halogenated alkanes) is 2. The number of hydrogen-bond donors (Lipinski definition) is 1. The molecule has 5 nitrogen and oxygen atoms in total. The fourth-order valence-electron chi connectivity index (χ4n) is 2.19. The van der Waals surface area contributed by atoms with Crippen LogP contribution in [0, 0.1) is 0 Å². The second-order valence-corrected chi connectivity index (χ2v) is 5.04. The zero-order chi connectivity index (χ0) is 14.4. The molecule has 0 bridgehead atoms. The molecule has 0 saturated carbocycles. The van der Waals surface area contributed by atoms with Crippen LogP contribution in [-0.2, 0) is 11.3 Å². The predicted octanol–water partition coefficient (Wildman–Crippen LogP) is 1.89. The van der Waals surface area contributed by atoms with E-state index in [-0.39, 0.29) is 12.7 Å². The summed E-state index contributed by atoms with van der Waals surface area (Å²) in [5, 5.41) is 0. The summed E-state index contributed by atoms with van der Waals surface area (Å²) in [5.74, 6) is 1.69. The summed E-state index contributed by atoms with van der Waals surface area (Å²) in [5.41, 5.74) is 6.48. The molecule has 20 heavy (non-hydrogen) atoms. The molecule has 0 unspecified atom stereocenters. The van der Waals surface area contributed by atoms with Crippen molar-refractivity contribution in [2.24, 2.45) is 5.73 Å². The van der Waals surface area contributed by atoms with E-state index in [1.54, 1.807) is 4.90 Å². The highest BCUT2D eigenvalue weighted by Crippen LogP contribution is 2.32. The normalized spacial score (nSPS) is 12.5. The van der Waals surface area contributed by atoms with Crippen molar-refractivity contribution in [2.45, 2.75) is 32.2 Å². The first-order chi connectivity index (χ1) is 9.70. The molecule has 0 fully saturated rings. The number of carbonyl (C=O) groups excluding carboxylic acids is 1. The summed E-state index contributed by atoms with van der Waals surface area (Å²) in [4.78, 5) is 13.7. The smallest absolute Gasteiger partial charge is 0.231 e. The highest BCUT2D eigenvalue weighted by Gasteiger charge is 2.15. The van der Waals surface area contributed by atoms with Crippen LogP contribution in [0.4, 0.5) is 0 Å². The highest BCUT2D eigenvalue weighted by atomic mass is 16.7. The first kappa shape index (κ1) is 14.7. The van der Waals surface area contributed by atoms with Gasteiger partial charge in [-0.05, 0) is 37.1 Å². The molecule has 1 aliphatic rings. The van der Waals surface area contributed by atoms with E-state index >= 15 is 0 Å². The third-order valence-electron chi connectivity index (χ3n) is 3.38. The SMILES string of the molecule is CN(Cc1ccc2c(c1)OCO2)C(=O)CCCCCN. The average Bonchev–Trinajstić information content (AvgIpc) is 2.90. The zero-order valence-corrected chi connectivity index (χ0v) is 11.9. The Balaban J connectivity index is 1.81. The number of ether oxygens (including phenoxy) is 2. The van der Waals surface area contributed by atoms with E-state index in [0.29, 0.717) is 19.5 Å². The van der Waals surface area contributed by atoms with Crippen LogP contribution in [0.15, 0.2) is 18.2 Å². The van der Waals surface area contributed by atoms with Gasteiger partial charge < -0.3 is 20.1 Å². The van der Waals surface area contributed by atoms with Gasteiger partial charge in [0.1, 0.15) is 0 Å². The Morgan fingerprint density at radius 1 is 1.25 bits per heavy atom. The van der Waals surface area contributed by atoms with Crippen molar-refractivity contribution >= 4 is 5.91 Å². The van der Waals surface area contributed by atoms with Gasteiger partial charge in [-0.25, -0.2) is 0 Å². The van der Waals surface area contributed by atoms with Crippen molar-refractivity contribution < 1.29 is 14.3 Å². The quantitative estimate of drug-likeness (QED) is 0.774. The maximum atomic E-state index is 12.0. The number of rotatable bonds is 7. The standard InChI is InChI=1S/C15H22N2O3/c1-17(15(18)5-3-2-4-8-16)10-12-6-7-13-14(9-12)20-11-19-13/h6-7,9H,2-5,8,10-11,16H2,1H3. The van der Waals surface area contributed by atoms with Gasteiger partial charge >= 0.3 is 0 Å². The van der Waals surface area contributed by atoms with Crippen LogP contribution in [0.25, 0.3) is 0 Å². The zero-order valence-electron chi connectivity index (χ0n) is 11.9. The maximum Gasteiger partial charge on any atom is 0.231 e. The predicted molar refractivity (Wildman–Crippen MR) is 76.6 cm³/mol. The number of benzene rings is 1. The van der Waals surface area contributed by atoms with Gasteiger partial charge in [-0.3, -0.25) is 4.79 Å². The van der Waals surface area contributed by atoms with Crippen molar-refractivity contribution in [3.8, 4) is 11.5 Å². The molecular weight excluding hydrogens is 256 g/mol. The van der Waals surface area contributed by atoms with Gasteiger partial charge in [0.05, 0.1) is 0 Å². The van der Waals surface area contributed by atoms with E-state index in [0.717, 1.165) is 36.3 Å². The molecule has 0 atom stereocenters. The van der Waals surface area contributed by atoms with Crippen LogP contribution in [0.1, 0.15) is 31.2 Å². The molecule has 1 aromatic carbocycles. The molecule has 0 aromatic heterocycles. The number of nitrogens with two attached hydrogens (primary N) is 1. The molecule has 0 aliphatic carbocycles. The molecule has 5 heteroatoms. The number of amides is 1. The van der Waals surface area contributed by atoms with E-state index < -0.39 is 0 Å². The molecule has 2 N–H and O–H groups in total. The summed E-state index contributed by atoms with van der Waals surface area (Å²) in [6.45, 7) is 1.56. The Bertz CT molecular complexity index is 462. The Morgan fingerprint density at radius 3 is 2.85 bits per heavy atom. The van der Waals surface area contributed by atoms with Crippen LogP contribution >= 0.6 is 0 Å². The van der Waals surface area contributed by atoms with Crippen LogP contribution < -0.4 is 15.2 Å². The van der Waals surface area contributed by atoms with Crippen LogP contribution in [0.2, 0.25) is 0 Å². The number of hydrogen-bond acceptors (Lipinski definition) is 4. The number of fused-ring (bicyclic) bond motifs is 1. The summed E-state index contributed by atoms with van der Waals surface area (Å²) >= 11 is 0. The van der Waals surface area contributed by atoms with E-state index in [9.17, 15) is 4.79 Å². The monoisotopic (exact) mass is 278 g/mol. The third-order valence-corrected chi connectivity index (χ3v) is 3.38. The van der Waals surface area contributed by atoms with Crippen molar-refractivity contribution in [1.82, 2.24) is 4.90 Å². The highest BCUT2D eigenvalue weighted by molar-refractivity contribution is 5.75. The van der Waals surface area contributed by atoms with Crippen molar-refractivity contribution in [1.29, 1.82) is 0 Å². The fraction of sp³-hybridized carbons (Fsp3) is 0.533. The summed E-state index contributed by atoms with van der Waals surface area (Å²) in [7, 11) is 1.83. The summed E-state index contributed by atoms with van der Waals surface area (Å²) in [6, 6.07) is 5.78. The minimum absolute atomic E-state index is 0.166. The van der Waals surface area contributed by atoms with Crippen LogP contribution in [0.5, 0.6) is 11.5 Å². The van der Waals surface area contributed by atoms with E-state index in [1.165, 1.54) is 0 Å². The fourth-order valence-corrected chi connectivity index (χ4v) is 2.19. The maximum absolute atomic E-state index is 12.0. The van der Waals surface area contributed by atoms with Gasteiger partial charge in [0.2, 0.25) is 12.7 Å². The van der Waals surface area contributed by atoms with E-state index in [2.05, 4.69) is 0 Å². The lowest BCUT2D eigenvalue weighted by atomic mass is 10.1. The lowest BCUT2D eigenvalue weighted by molar-refractivity contribution is -0.130. The topological polar surface area (TPSA) is 64.8 Å². The van der Waals surface area contributed by atoms with Gasteiger partial charge in [0.25, 0.3) is 0 Å². The van der Waals surface area contributed by atoms with E-state index in [4.69, 9.17) is 15.2 Å². The van der Waals surface area contributed by atoms with Crippen LogP contribution in [-0.4, -0.2) is 31.2 Å². The van der Waals surface area contributed by atoms with Crippen molar-refractivity contribution in [3.05, 3.63) is 23.8 Å². The lowest BCUT2D eigenvalue weighted by Crippen LogP contribution is -2.25. The van der Waals surface area contributed by atoms with Gasteiger partial charge in [0, 0.05) is 20.0 Å². The molecule has 1 aromatic rings. The molecule has 0 saturated heterocycles.